The molecule has 0 bridgehead atoms. The van der Waals surface area contributed by atoms with E-state index in [2.05, 4.69) is 10.2 Å². The Hall–Kier alpha value is -3.89. The van der Waals surface area contributed by atoms with Gasteiger partial charge in [-0.05, 0) is 43.2 Å². The summed E-state index contributed by atoms with van der Waals surface area (Å²) in [7, 11) is 0. The molecule has 1 aliphatic heterocycles. The summed E-state index contributed by atoms with van der Waals surface area (Å²) in [5.74, 6) is 0.256. The molecule has 1 unspecified atom stereocenters. The van der Waals surface area contributed by atoms with Gasteiger partial charge in [-0.25, -0.2) is 4.79 Å². The van der Waals surface area contributed by atoms with Gasteiger partial charge in [0.15, 0.2) is 12.3 Å². The van der Waals surface area contributed by atoms with Crippen molar-refractivity contribution in [3.8, 4) is 5.75 Å². The van der Waals surface area contributed by atoms with Crippen LogP contribution in [0.3, 0.4) is 0 Å². The molecule has 5 rings (SSSR count). The van der Waals surface area contributed by atoms with Crippen molar-refractivity contribution in [3.05, 3.63) is 70.5 Å². The molecule has 4 aromatic rings. The van der Waals surface area contributed by atoms with Crippen molar-refractivity contribution in [2.45, 2.75) is 24.9 Å². The van der Waals surface area contributed by atoms with Gasteiger partial charge in [0.1, 0.15) is 17.2 Å². The predicted octanol–water partition coefficient (Wildman–Crippen LogP) is 3.64. The first-order valence-corrected chi connectivity index (χ1v) is 10.6. The number of ether oxygens (including phenoxy) is 1. The normalized spacial score (nSPS) is 16.8. The Bertz CT molecular complexity index is 1430. The lowest BCUT2D eigenvalue weighted by Gasteiger charge is -2.32. The first kappa shape index (κ1) is 21.9. The minimum Gasteiger partial charge on any atom is -0.484 e. The summed E-state index contributed by atoms with van der Waals surface area (Å²) in [5.41, 5.74) is -0.599. The van der Waals surface area contributed by atoms with Gasteiger partial charge in [0, 0.05) is 42.7 Å². The molecule has 1 saturated heterocycles. The van der Waals surface area contributed by atoms with E-state index in [1.807, 2.05) is 0 Å². The lowest BCUT2D eigenvalue weighted by molar-refractivity contribution is -0.138. The van der Waals surface area contributed by atoms with Crippen LogP contribution in [-0.4, -0.2) is 45.1 Å². The van der Waals surface area contributed by atoms with Gasteiger partial charge < -0.3 is 14.1 Å². The Balaban J connectivity index is 1.29. The first-order chi connectivity index (χ1) is 16.3. The van der Waals surface area contributed by atoms with Crippen molar-refractivity contribution in [2.75, 3.05) is 19.7 Å². The van der Waals surface area contributed by atoms with E-state index in [1.54, 1.807) is 29.2 Å². The second-order valence-electron chi connectivity index (χ2n) is 8.12. The summed E-state index contributed by atoms with van der Waals surface area (Å²) in [5, 5.41) is 8.81. The molecule has 34 heavy (non-hydrogen) atoms. The van der Waals surface area contributed by atoms with E-state index in [-0.39, 0.29) is 18.4 Å². The number of carbonyl (C=O) groups excluding carboxylic acids is 1. The van der Waals surface area contributed by atoms with Crippen molar-refractivity contribution in [3.63, 3.8) is 0 Å². The van der Waals surface area contributed by atoms with Gasteiger partial charge in [-0.15, -0.1) is 10.2 Å². The van der Waals surface area contributed by atoms with Gasteiger partial charge in [-0.2, -0.15) is 13.2 Å². The lowest BCUT2D eigenvalue weighted by atomic mass is 9.97. The second kappa shape index (κ2) is 8.47. The summed E-state index contributed by atoms with van der Waals surface area (Å²) in [6.07, 6.45) is -2.14. The fraction of sp³-hybridized carbons (Fsp3) is 0.304. The van der Waals surface area contributed by atoms with Crippen LogP contribution in [0.5, 0.6) is 5.75 Å². The third-order valence-electron chi connectivity index (χ3n) is 5.85. The number of aromatic nitrogens is 3. The maximum atomic E-state index is 13.2. The number of rotatable bonds is 4. The SMILES string of the molecule is O=C(COc1ccc2ccc(=O)oc2c1)N1CCCC(c2nnc3ccc(C(F)(F)F)cn23)C1. The Labute approximate surface area is 190 Å². The largest absolute Gasteiger partial charge is 0.484 e. The number of likely N-dealkylation sites (tertiary alicyclic amines) is 1. The van der Waals surface area contributed by atoms with Crippen LogP contribution in [0, 0.1) is 0 Å². The van der Waals surface area contributed by atoms with E-state index in [9.17, 15) is 22.8 Å². The highest BCUT2D eigenvalue weighted by atomic mass is 19.4. The molecule has 0 radical (unpaired) electrons. The molecule has 1 amide bonds. The lowest BCUT2D eigenvalue weighted by Crippen LogP contribution is -2.42. The average molecular weight is 472 g/mol. The van der Waals surface area contributed by atoms with E-state index in [0.717, 1.165) is 17.6 Å². The molecule has 8 nitrogen and oxygen atoms in total. The zero-order valence-corrected chi connectivity index (χ0v) is 17.8. The molecule has 1 aliphatic rings. The highest BCUT2D eigenvalue weighted by Gasteiger charge is 2.32. The predicted molar refractivity (Wildman–Crippen MR) is 115 cm³/mol. The van der Waals surface area contributed by atoms with Crippen molar-refractivity contribution in [2.24, 2.45) is 0 Å². The number of pyridine rings is 1. The first-order valence-electron chi connectivity index (χ1n) is 10.6. The third kappa shape index (κ3) is 4.33. The molecule has 4 heterocycles. The van der Waals surface area contributed by atoms with E-state index in [0.29, 0.717) is 48.7 Å². The van der Waals surface area contributed by atoms with Crippen molar-refractivity contribution >= 4 is 22.5 Å². The van der Waals surface area contributed by atoms with Gasteiger partial charge in [0.2, 0.25) is 0 Å². The number of carbonyl (C=O) groups is 1. The molecule has 3 aromatic heterocycles. The van der Waals surface area contributed by atoms with E-state index in [4.69, 9.17) is 9.15 Å². The monoisotopic (exact) mass is 472 g/mol. The van der Waals surface area contributed by atoms with Gasteiger partial charge in [0.25, 0.3) is 5.91 Å². The summed E-state index contributed by atoms with van der Waals surface area (Å²) in [6.45, 7) is 0.579. The summed E-state index contributed by atoms with van der Waals surface area (Å²) < 4.78 is 51.5. The van der Waals surface area contributed by atoms with Crippen LogP contribution in [0.25, 0.3) is 16.6 Å². The number of piperidine rings is 1. The van der Waals surface area contributed by atoms with Crippen LogP contribution in [0.2, 0.25) is 0 Å². The molecule has 1 aromatic carbocycles. The third-order valence-corrected chi connectivity index (χ3v) is 5.85. The molecule has 176 valence electrons. The highest BCUT2D eigenvalue weighted by molar-refractivity contribution is 5.79. The summed E-state index contributed by atoms with van der Waals surface area (Å²) >= 11 is 0. The van der Waals surface area contributed by atoms with Crippen LogP contribution in [0.1, 0.15) is 30.1 Å². The van der Waals surface area contributed by atoms with Gasteiger partial charge in [0.05, 0.1) is 5.56 Å². The van der Waals surface area contributed by atoms with Crippen molar-refractivity contribution < 1.29 is 27.1 Å². The molecule has 1 atom stereocenters. The zero-order valence-electron chi connectivity index (χ0n) is 17.8. The van der Waals surface area contributed by atoms with Gasteiger partial charge >= 0.3 is 11.8 Å². The number of halogens is 3. The molecule has 0 spiro atoms. The Morgan fingerprint density at radius 2 is 1.97 bits per heavy atom. The average Bonchev–Trinajstić information content (AvgIpc) is 3.25. The number of hydrogen-bond acceptors (Lipinski definition) is 6. The highest BCUT2D eigenvalue weighted by Crippen LogP contribution is 2.31. The molecule has 0 saturated carbocycles. The topological polar surface area (TPSA) is 89.9 Å². The van der Waals surface area contributed by atoms with Crippen LogP contribution >= 0.6 is 0 Å². The zero-order chi connectivity index (χ0) is 23.9. The Morgan fingerprint density at radius 1 is 1.15 bits per heavy atom. The fourth-order valence-corrected chi connectivity index (χ4v) is 4.14. The fourth-order valence-electron chi connectivity index (χ4n) is 4.14. The summed E-state index contributed by atoms with van der Waals surface area (Å²) in [4.78, 5) is 25.8. The standard InChI is InChI=1S/C23H19F3N4O4/c24-23(25,26)16-5-7-19-27-28-22(30(19)12-16)15-2-1-9-29(11-15)20(31)13-33-17-6-3-14-4-8-21(32)34-18(14)10-17/h3-8,10,12,15H,1-2,9,11,13H2. The van der Waals surface area contributed by atoms with Gasteiger partial charge in [-0.3, -0.25) is 9.20 Å². The maximum absolute atomic E-state index is 13.2. The van der Waals surface area contributed by atoms with Crippen LogP contribution < -0.4 is 10.4 Å². The smallest absolute Gasteiger partial charge is 0.417 e. The van der Waals surface area contributed by atoms with Crippen LogP contribution in [0.15, 0.2) is 57.9 Å². The second-order valence-corrected chi connectivity index (χ2v) is 8.12. The molecule has 0 aliphatic carbocycles. The number of hydrogen-bond donors (Lipinski definition) is 0. The van der Waals surface area contributed by atoms with E-state index >= 15 is 0 Å². The van der Waals surface area contributed by atoms with Crippen molar-refractivity contribution in [1.29, 1.82) is 0 Å². The summed E-state index contributed by atoms with van der Waals surface area (Å²) in [6, 6.07) is 10.2. The Morgan fingerprint density at radius 3 is 2.79 bits per heavy atom. The minimum atomic E-state index is -4.48. The molecule has 0 N–H and O–H groups in total. The number of nitrogens with zero attached hydrogens (tertiary/aromatic N) is 4. The maximum Gasteiger partial charge on any atom is 0.417 e. The van der Waals surface area contributed by atoms with E-state index in [1.165, 1.54) is 16.5 Å². The minimum absolute atomic E-state index is 0.228. The number of benzene rings is 1. The quantitative estimate of drug-likeness (QED) is 0.422. The molecular weight excluding hydrogens is 453 g/mol. The van der Waals surface area contributed by atoms with Gasteiger partial charge in [-0.1, -0.05) is 0 Å². The van der Waals surface area contributed by atoms with Crippen LogP contribution in [0.4, 0.5) is 13.2 Å². The molecule has 11 heteroatoms. The number of amides is 1. The molecule has 1 fully saturated rings. The Kier molecular flexibility index (Phi) is 5.46. The van der Waals surface area contributed by atoms with Crippen molar-refractivity contribution in [1.82, 2.24) is 19.5 Å². The van der Waals surface area contributed by atoms with Crippen LogP contribution in [-0.2, 0) is 11.0 Å². The number of alkyl halides is 3. The molecular formula is C23H19F3N4O4. The van der Waals surface area contributed by atoms with E-state index < -0.39 is 17.4 Å². The number of fused-ring (bicyclic) bond motifs is 2.